The Morgan fingerprint density at radius 3 is 2.18 bits per heavy atom. The monoisotopic (exact) mass is 735 g/mol. The Bertz CT molecular complexity index is 1480. The lowest BCUT2D eigenvalue weighted by molar-refractivity contribution is -0.538. The van der Waals surface area contributed by atoms with Crippen molar-refractivity contribution >= 4 is 28.0 Å². The molecule has 0 saturated carbocycles. The Morgan fingerprint density at radius 2 is 1.60 bits per heavy atom. The zero-order chi connectivity index (χ0) is 37.6. The van der Waals surface area contributed by atoms with E-state index in [2.05, 4.69) is 19.6 Å². The van der Waals surface area contributed by atoms with Crippen molar-refractivity contribution in [1.29, 1.82) is 0 Å². The van der Waals surface area contributed by atoms with Crippen molar-refractivity contribution in [2.45, 2.75) is 76.8 Å². The van der Waals surface area contributed by atoms with Crippen LogP contribution in [0.1, 0.15) is 63.6 Å². The average molecular weight is 736 g/mol. The minimum atomic E-state index is -3.71. The van der Waals surface area contributed by atoms with Crippen molar-refractivity contribution in [3.05, 3.63) is 47.4 Å². The van der Waals surface area contributed by atoms with Crippen LogP contribution >= 0.6 is 0 Å². The molecule has 0 aliphatic heterocycles. The van der Waals surface area contributed by atoms with E-state index >= 15 is 0 Å². The SMILES string of the molecule is CC(C)c1nc(N(C)S(C)(=O)=O)nc(-c2ccc(F)cc2)c1/C=C/C(O)CC(O)CC(=O)OCCCCOCC(ON(O)O)C(C)ON(O)O. The van der Waals surface area contributed by atoms with Gasteiger partial charge in [0.05, 0.1) is 60.3 Å². The lowest BCUT2D eigenvalue weighted by atomic mass is 9.97. The van der Waals surface area contributed by atoms with Crippen LogP contribution in [0.25, 0.3) is 17.3 Å². The molecule has 20 heteroatoms. The predicted octanol–water partition coefficient (Wildman–Crippen LogP) is 2.44. The minimum Gasteiger partial charge on any atom is -0.466 e. The maximum atomic E-state index is 13.7. The Kier molecular flexibility index (Phi) is 17.6. The molecular formula is C30H46FN5O13S. The van der Waals surface area contributed by atoms with Crippen molar-refractivity contribution in [2.24, 2.45) is 0 Å². The molecule has 1 aromatic carbocycles. The number of esters is 1. The minimum absolute atomic E-state index is 0.0104. The summed E-state index contributed by atoms with van der Waals surface area (Å²) < 4.78 is 49.6. The summed E-state index contributed by atoms with van der Waals surface area (Å²) in [4.78, 5) is 30.3. The number of carbonyl (C=O) groups excluding carboxylic acids is 1. The molecule has 4 atom stereocenters. The standard InChI is InChI=1S/C30H46FN5O13S/c1-19(2)28-25(29(21-8-10-22(31)11-9-21)33-30(32-28)34(4)50(5,44)45)13-12-23(37)16-24(38)17-27(39)47-15-7-6-14-46-18-26(49-36(42)43)20(3)48-35(40)41/h8-13,19-20,23-24,26,37-38,40-43H,6-7,14-18H2,1-5H3/b13-12+. The highest BCUT2D eigenvalue weighted by Gasteiger charge is 2.25. The molecule has 1 aromatic heterocycles. The van der Waals surface area contributed by atoms with Gasteiger partial charge in [-0.2, -0.15) is 0 Å². The molecule has 4 unspecified atom stereocenters. The average Bonchev–Trinajstić information content (AvgIpc) is 3.01. The second-order valence-electron chi connectivity index (χ2n) is 11.5. The molecule has 2 aromatic rings. The number of aromatic nitrogens is 2. The molecule has 2 rings (SSSR count). The summed E-state index contributed by atoms with van der Waals surface area (Å²) in [5.41, 5.74) is 1.68. The summed E-state index contributed by atoms with van der Waals surface area (Å²) in [5.74, 6) is -1.49. The van der Waals surface area contributed by atoms with Crippen LogP contribution in [-0.4, -0.2) is 124 Å². The van der Waals surface area contributed by atoms with Crippen molar-refractivity contribution in [2.75, 3.05) is 37.4 Å². The van der Waals surface area contributed by atoms with E-state index in [-0.39, 0.29) is 38.1 Å². The molecule has 0 fully saturated rings. The van der Waals surface area contributed by atoms with E-state index in [1.807, 2.05) is 13.8 Å². The number of ether oxygens (including phenoxy) is 2. The fourth-order valence-corrected chi connectivity index (χ4v) is 4.75. The number of benzene rings is 1. The van der Waals surface area contributed by atoms with Crippen molar-refractivity contribution in [3.8, 4) is 11.3 Å². The van der Waals surface area contributed by atoms with E-state index in [1.54, 1.807) is 0 Å². The molecule has 18 nitrogen and oxygen atoms in total. The van der Waals surface area contributed by atoms with Crippen LogP contribution in [0.4, 0.5) is 10.3 Å². The Labute approximate surface area is 289 Å². The predicted molar refractivity (Wildman–Crippen MR) is 172 cm³/mol. The van der Waals surface area contributed by atoms with Gasteiger partial charge in [0.2, 0.25) is 16.0 Å². The highest BCUT2D eigenvalue weighted by atomic mass is 32.2. The highest BCUT2D eigenvalue weighted by molar-refractivity contribution is 7.92. The van der Waals surface area contributed by atoms with Crippen LogP contribution in [0.2, 0.25) is 0 Å². The number of carbonyl (C=O) groups is 1. The van der Waals surface area contributed by atoms with Gasteiger partial charge in [-0.3, -0.25) is 25.6 Å². The van der Waals surface area contributed by atoms with Gasteiger partial charge >= 0.3 is 5.97 Å². The van der Waals surface area contributed by atoms with Crippen LogP contribution in [-0.2, 0) is 34.0 Å². The number of sulfonamides is 1. The van der Waals surface area contributed by atoms with Crippen LogP contribution in [0, 0.1) is 5.82 Å². The molecule has 50 heavy (non-hydrogen) atoms. The molecule has 0 aliphatic rings. The number of rotatable bonds is 22. The van der Waals surface area contributed by atoms with Gasteiger partial charge in [0.25, 0.3) is 0 Å². The van der Waals surface area contributed by atoms with Crippen LogP contribution < -0.4 is 4.31 Å². The first-order chi connectivity index (χ1) is 23.4. The molecular weight excluding hydrogens is 689 g/mol. The number of hydrogen-bond acceptors (Lipinski definition) is 17. The summed E-state index contributed by atoms with van der Waals surface area (Å²) in [6.45, 7) is 4.97. The van der Waals surface area contributed by atoms with Gasteiger partial charge in [0, 0.05) is 31.2 Å². The fraction of sp³-hybridized carbons (Fsp3) is 0.567. The first kappa shape index (κ1) is 42.9. The van der Waals surface area contributed by atoms with Gasteiger partial charge in [-0.1, -0.05) is 26.0 Å². The fourth-order valence-electron chi connectivity index (χ4n) is 4.38. The van der Waals surface area contributed by atoms with Gasteiger partial charge < -0.3 is 19.7 Å². The maximum Gasteiger partial charge on any atom is 0.308 e. The number of anilines is 1. The summed E-state index contributed by atoms with van der Waals surface area (Å²) >= 11 is 0. The van der Waals surface area contributed by atoms with Crippen LogP contribution in [0.5, 0.6) is 0 Å². The number of aliphatic hydroxyl groups excluding tert-OH is 2. The molecule has 6 N–H and O–H groups in total. The molecule has 0 aliphatic carbocycles. The number of unbranched alkanes of at least 4 members (excludes halogenated alkanes) is 1. The zero-order valence-electron chi connectivity index (χ0n) is 28.4. The molecule has 0 spiro atoms. The lowest BCUT2D eigenvalue weighted by Crippen LogP contribution is -2.40. The first-order valence-electron chi connectivity index (χ1n) is 15.5. The second-order valence-corrected chi connectivity index (χ2v) is 13.6. The number of halogens is 1. The molecule has 282 valence electrons. The van der Waals surface area contributed by atoms with E-state index in [9.17, 15) is 27.8 Å². The molecule has 1 heterocycles. The van der Waals surface area contributed by atoms with Gasteiger partial charge in [-0.15, -0.1) is 0 Å². The van der Waals surface area contributed by atoms with E-state index in [0.29, 0.717) is 35.4 Å². The van der Waals surface area contributed by atoms with Gasteiger partial charge in [0.1, 0.15) is 18.0 Å². The number of nitrogens with zero attached hydrogens (tertiary/aromatic N) is 5. The third-order valence-electron chi connectivity index (χ3n) is 7.05. The largest absolute Gasteiger partial charge is 0.466 e. The molecule has 0 bridgehead atoms. The number of aliphatic hydroxyl groups is 2. The molecule has 0 saturated heterocycles. The van der Waals surface area contributed by atoms with Crippen molar-refractivity contribution < 1.29 is 67.8 Å². The van der Waals surface area contributed by atoms with E-state index < -0.39 is 63.4 Å². The van der Waals surface area contributed by atoms with Crippen LogP contribution in [0.15, 0.2) is 30.3 Å². The normalized spacial score (nSPS) is 14.8. The second kappa shape index (κ2) is 20.6. The summed E-state index contributed by atoms with van der Waals surface area (Å²) in [7, 11) is -2.39. The quantitative estimate of drug-likeness (QED) is 0.0578. The van der Waals surface area contributed by atoms with Crippen molar-refractivity contribution in [1.82, 2.24) is 20.7 Å². The van der Waals surface area contributed by atoms with Gasteiger partial charge in [-0.05, 0) is 49.9 Å². The van der Waals surface area contributed by atoms with Crippen molar-refractivity contribution in [3.63, 3.8) is 0 Å². The third kappa shape index (κ3) is 14.9. The van der Waals surface area contributed by atoms with Gasteiger partial charge in [0.15, 0.2) is 0 Å². The first-order valence-corrected chi connectivity index (χ1v) is 17.3. The van der Waals surface area contributed by atoms with E-state index in [1.165, 1.54) is 50.4 Å². The topological polar surface area (TPSA) is 245 Å². The zero-order valence-corrected chi connectivity index (χ0v) is 29.2. The lowest BCUT2D eigenvalue weighted by Gasteiger charge is -2.24. The highest BCUT2D eigenvalue weighted by Crippen LogP contribution is 2.32. The van der Waals surface area contributed by atoms with Crippen LogP contribution in [0.3, 0.4) is 0 Å². The summed E-state index contributed by atoms with van der Waals surface area (Å²) in [5, 5.41) is 55.1. The molecule has 0 amide bonds. The number of hydrogen-bond donors (Lipinski definition) is 6. The third-order valence-corrected chi connectivity index (χ3v) is 8.21. The molecule has 0 radical (unpaired) electrons. The maximum absolute atomic E-state index is 13.7. The van der Waals surface area contributed by atoms with E-state index in [0.717, 1.165) is 10.6 Å². The Hall–Kier alpha value is -3.25. The summed E-state index contributed by atoms with van der Waals surface area (Å²) in [6, 6.07) is 5.44. The van der Waals surface area contributed by atoms with Gasteiger partial charge in [-0.25, -0.2) is 36.8 Å². The van der Waals surface area contributed by atoms with E-state index in [4.69, 9.17) is 30.3 Å². The Morgan fingerprint density at radius 1 is 0.980 bits per heavy atom. The Balaban J connectivity index is 1.96. The smallest absolute Gasteiger partial charge is 0.308 e. The summed E-state index contributed by atoms with van der Waals surface area (Å²) in [6.07, 6.45) is -0.517.